The van der Waals surface area contributed by atoms with Gasteiger partial charge in [0.2, 0.25) is 0 Å². The topological polar surface area (TPSA) is 90.9 Å². The Morgan fingerprint density at radius 3 is 1.74 bits per heavy atom. The normalized spacial score (nSPS) is 10.7. The molecule has 1 N–H and O–H groups in total. The summed E-state index contributed by atoms with van der Waals surface area (Å²) in [4.78, 5) is 36.1. The molecule has 1 unspecified atom stereocenters. The number of hydrogen-bond donors (Lipinski definition) is 1. The molecule has 0 bridgehead atoms. The average Bonchev–Trinajstić information content (AvgIpc) is 3.07. The third kappa shape index (κ3) is 30.2. The van der Waals surface area contributed by atoms with Crippen LogP contribution in [0, 0.1) is 0 Å². The minimum atomic E-state index is -0.600. The number of nitrogens with one attached hydrogen (secondary N) is 1. The second-order valence-electron chi connectivity index (χ2n) is 11.2. The van der Waals surface area contributed by atoms with Gasteiger partial charge in [0.15, 0.2) is 0 Å². The zero-order valence-corrected chi connectivity index (χ0v) is 31.0. The van der Waals surface area contributed by atoms with Crippen molar-refractivity contribution in [3.05, 3.63) is 48.2 Å². The molecule has 0 aliphatic heterocycles. The molecule has 46 heavy (non-hydrogen) atoms. The number of methoxy groups -OCH3 is 1. The average molecular weight is 666 g/mol. The van der Waals surface area contributed by atoms with Crippen LogP contribution in [0.4, 0.5) is 0 Å². The molecular weight excluding hydrogens is 598 g/mol. The lowest BCUT2D eigenvalue weighted by Gasteiger charge is -2.20. The number of carbonyl (C=O) groups excluding carboxylic acids is 3. The number of benzene rings is 1. The molecule has 0 heterocycles. The number of ether oxygens (including phenoxy) is 3. The summed E-state index contributed by atoms with van der Waals surface area (Å²) in [6.45, 7) is 10.8. The molecule has 0 fully saturated rings. The van der Waals surface area contributed by atoms with Crippen LogP contribution < -0.4 is 5.32 Å². The van der Waals surface area contributed by atoms with E-state index in [-0.39, 0.29) is 30.9 Å². The van der Waals surface area contributed by atoms with E-state index in [1.165, 1.54) is 58.5 Å². The van der Waals surface area contributed by atoms with Crippen molar-refractivity contribution in [3.8, 4) is 0 Å². The molecule has 0 saturated heterocycles. The Balaban J connectivity index is 0. The van der Waals surface area contributed by atoms with Crippen molar-refractivity contribution < 1.29 is 28.6 Å². The zero-order valence-electron chi connectivity index (χ0n) is 30.2. The fourth-order valence-corrected chi connectivity index (χ4v) is 4.54. The van der Waals surface area contributed by atoms with Crippen molar-refractivity contribution in [1.82, 2.24) is 5.32 Å². The molecular formula is C38H67NO6S. The van der Waals surface area contributed by atoms with Crippen LogP contribution in [0.2, 0.25) is 0 Å². The van der Waals surface area contributed by atoms with E-state index in [1.54, 1.807) is 11.8 Å². The molecule has 0 aromatic heterocycles. The molecule has 1 aromatic carbocycles. The van der Waals surface area contributed by atoms with Gasteiger partial charge in [-0.2, -0.15) is 11.8 Å². The van der Waals surface area contributed by atoms with Gasteiger partial charge < -0.3 is 19.5 Å². The summed E-state index contributed by atoms with van der Waals surface area (Å²) in [5, 5.41) is 3.22. The van der Waals surface area contributed by atoms with E-state index < -0.39 is 6.04 Å². The van der Waals surface area contributed by atoms with Crippen LogP contribution >= 0.6 is 11.8 Å². The van der Waals surface area contributed by atoms with Crippen molar-refractivity contribution in [2.75, 3.05) is 26.2 Å². The number of hydrogen-bond acceptors (Lipinski definition) is 8. The smallest absolute Gasteiger partial charge is 0.328 e. The molecule has 0 spiro atoms. The molecule has 266 valence electrons. The Morgan fingerprint density at radius 1 is 0.739 bits per heavy atom. The van der Waals surface area contributed by atoms with Gasteiger partial charge in [-0.05, 0) is 50.2 Å². The Hall–Kier alpha value is -2.48. The fourth-order valence-electron chi connectivity index (χ4n) is 4.54. The predicted octanol–water partition coefficient (Wildman–Crippen LogP) is 9.96. The predicted molar refractivity (Wildman–Crippen MR) is 195 cm³/mol. The van der Waals surface area contributed by atoms with E-state index >= 15 is 0 Å². The van der Waals surface area contributed by atoms with Crippen LogP contribution in [0.1, 0.15) is 142 Å². The van der Waals surface area contributed by atoms with Crippen LogP contribution in [0.3, 0.4) is 0 Å². The summed E-state index contributed by atoms with van der Waals surface area (Å²) < 4.78 is 15.5. The molecule has 0 radical (unpaired) electrons. The van der Waals surface area contributed by atoms with Crippen molar-refractivity contribution in [2.45, 2.75) is 149 Å². The number of rotatable bonds is 26. The minimum Gasteiger partial charge on any atom is -0.469 e. The molecule has 1 atom stereocenters. The van der Waals surface area contributed by atoms with Crippen molar-refractivity contribution in [2.24, 2.45) is 0 Å². The Kier molecular flexibility index (Phi) is 35.1. The Bertz CT molecular complexity index is 864. The Morgan fingerprint density at radius 2 is 1.24 bits per heavy atom. The highest BCUT2D eigenvalue weighted by atomic mass is 32.2. The van der Waals surface area contributed by atoms with E-state index in [9.17, 15) is 14.4 Å². The first kappa shape index (κ1) is 45.6. The molecule has 8 heteroatoms. The van der Waals surface area contributed by atoms with Crippen LogP contribution in [0.5, 0.6) is 0 Å². The van der Waals surface area contributed by atoms with E-state index in [0.717, 1.165) is 56.2 Å². The zero-order chi connectivity index (χ0) is 34.7. The Labute approximate surface area is 286 Å². The highest BCUT2D eigenvalue weighted by Gasteiger charge is 2.22. The lowest BCUT2D eigenvalue weighted by Crippen LogP contribution is -2.38. The van der Waals surface area contributed by atoms with Crippen LogP contribution in [0.15, 0.2) is 42.6 Å². The SMILES string of the molecule is C=C(CCCCCCCCCCCCCCC(=O)OC)NC(CCC(=O)OCc1ccccc1)C(=O)OCCCC.CC.CSC. The molecule has 7 nitrogen and oxygen atoms in total. The second-order valence-corrected chi connectivity index (χ2v) is 12.1. The molecule has 0 aliphatic carbocycles. The number of unbranched alkanes of at least 4 members (excludes halogenated alkanes) is 12. The first-order valence-electron chi connectivity index (χ1n) is 17.6. The summed E-state index contributed by atoms with van der Waals surface area (Å²) in [6, 6.07) is 8.95. The van der Waals surface area contributed by atoms with Gasteiger partial charge in [-0.3, -0.25) is 9.59 Å². The fraction of sp³-hybridized carbons (Fsp3) is 0.711. The summed E-state index contributed by atoms with van der Waals surface area (Å²) in [6.07, 6.45) is 21.8. The van der Waals surface area contributed by atoms with Gasteiger partial charge in [-0.15, -0.1) is 0 Å². The largest absolute Gasteiger partial charge is 0.469 e. The number of esters is 3. The number of carbonyl (C=O) groups is 3. The minimum absolute atomic E-state index is 0.105. The van der Waals surface area contributed by atoms with Gasteiger partial charge in [0.1, 0.15) is 12.6 Å². The van der Waals surface area contributed by atoms with E-state index in [1.807, 2.05) is 63.6 Å². The third-order valence-corrected chi connectivity index (χ3v) is 7.12. The third-order valence-electron chi connectivity index (χ3n) is 7.12. The first-order valence-corrected chi connectivity index (χ1v) is 19.3. The van der Waals surface area contributed by atoms with Crippen LogP contribution in [-0.2, 0) is 35.2 Å². The van der Waals surface area contributed by atoms with Crippen LogP contribution in [0.25, 0.3) is 0 Å². The summed E-state index contributed by atoms with van der Waals surface area (Å²) in [7, 11) is 1.44. The van der Waals surface area contributed by atoms with Crippen molar-refractivity contribution >= 4 is 29.7 Å². The van der Waals surface area contributed by atoms with Gasteiger partial charge in [0.25, 0.3) is 0 Å². The monoisotopic (exact) mass is 665 g/mol. The summed E-state index contributed by atoms with van der Waals surface area (Å²) >= 11 is 1.75. The number of thioether (sulfide) groups is 1. The number of allylic oxidation sites excluding steroid dienone is 1. The van der Waals surface area contributed by atoms with Crippen molar-refractivity contribution in [3.63, 3.8) is 0 Å². The summed E-state index contributed by atoms with van der Waals surface area (Å²) in [5.41, 5.74) is 1.75. The van der Waals surface area contributed by atoms with Crippen LogP contribution in [-0.4, -0.2) is 50.2 Å². The van der Waals surface area contributed by atoms with Gasteiger partial charge >= 0.3 is 17.9 Å². The molecule has 0 amide bonds. The lowest BCUT2D eigenvalue weighted by atomic mass is 10.0. The van der Waals surface area contributed by atoms with Gasteiger partial charge in [-0.25, -0.2) is 4.79 Å². The quantitative estimate of drug-likeness (QED) is 0.0594. The van der Waals surface area contributed by atoms with Gasteiger partial charge in [0.05, 0.1) is 13.7 Å². The standard InChI is InChI=1S/C34H55NO6.C2H6S.C2H6/c1-4-5-27-40-34(38)31(25-26-33(37)41-28-30-22-18-16-19-23-30)35-29(2)21-17-14-12-10-8-6-7-9-11-13-15-20-24-32(36)39-3;1-3-2;1-2/h16,18-19,22-23,31,35H,2,4-15,17,20-21,24-28H2,1,3H3;1-2H3;1-2H3. The van der Waals surface area contributed by atoms with Crippen molar-refractivity contribution in [1.29, 1.82) is 0 Å². The maximum atomic E-state index is 12.7. The van der Waals surface area contributed by atoms with Gasteiger partial charge in [-0.1, -0.05) is 128 Å². The molecule has 1 rings (SSSR count). The van der Waals surface area contributed by atoms with Gasteiger partial charge in [0, 0.05) is 18.5 Å². The molecule has 0 saturated carbocycles. The summed E-state index contributed by atoms with van der Waals surface area (Å²) in [5.74, 6) is -0.772. The maximum Gasteiger partial charge on any atom is 0.328 e. The second kappa shape index (κ2) is 35.4. The highest BCUT2D eigenvalue weighted by Crippen LogP contribution is 2.15. The lowest BCUT2D eigenvalue weighted by molar-refractivity contribution is -0.148. The molecule has 0 aliphatic rings. The highest BCUT2D eigenvalue weighted by molar-refractivity contribution is 7.97. The van der Waals surface area contributed by atoms with E-state index in [2.05, 4.69) is 16.6 Å². The maximum absolute atomic E-state index is 12.7. The molecule has 1 aromatic rings. The van der Waals surface area contributed by atoms with E-state index in [0.29, 0.717) is 19.4 Å². The van der Waals surface area contributed by atoms with E-state index in [4.69, 9.17) is 9.47 Å². The first-order chi connectivity index (χ1) is 22.4.